The number of aliphatic hydroxyl groups excluding tert-OH is 1. The highest BCUT2D eigenvalue weighted by Gasteiger charge is 2.46. The van der Waals surface area contributed by atoms with E-state index in [2.05, 4.69) is 31.6 Å². The molecule has 6 rings (SSSR count). The van der Waals surface area contributed by atoms with E-state index in [4.69, 9.17) is 9.47 Å². The Bertz CT molecular complexity index is 2310. The van der Waals surface area contributed by atoms with Crippen molar-refractivity contribution in [3.8, 4) is 10.4 Å². The number of aryl methyl sites for hydroxylation is 1. The molecule has 0 saturated carbocycles. The van der Waals surface area contributed by atoms with Crippen LogP contribution in [0.2, 0.25) is 0 Å². The number of carbonyl (C=O) groups excluding carboxylic acids is 8. The SMILES string of the molecule is Cc1ncsc1-c1ccc(CNC(=O)[C@@H]2C[C@@H](O)CN2C(=O)[C@@H](NC(=O)COCCCCCCOCC(=O)NCCNc2cccc3c2C(=O)N(C2CCC(=O)NC2=O)C3=O)C(C)(C)C)cc1. The second-order valence-electron chi connectivity index (χ2n) is 17.9. The normalized spacial score (nSPS) is 18.7. The topological polar surface area (TPSA) is 255 Å². The highest BCUT2D eigenvalue weighted by molar-refractivity contribution is 7.13. The molecule has 19 nitrogen and oxygen atoms in total. The first-order chi connectivity index (χ1) is 32.0. The standard InChI is InChI=1S/C47H60N8O11S/c1-28-40(67-27-51-28)30-14-12-29(13-15-30)23-50-42(60)35-22-31(56)24-54(35)46(64)41(47(2,3)4)52-38(59)26-66-21-8-6-5-7-20-65-25-37(58)49-19-18-48-33-11-9-10-32-39(33)45(63)55(44(32)62)34-16-17-36(57)53-43(34)61/h9-15,27,31,34-35,41,48,56H,5-8,16-26H2,1-4H3,(H,49,58)(H,50,60)(H,52,59)(H,53,57,61)/t31-,34?,35+,41-/m1/s1. The van der Waals surface area contributed by atoms with Gasteiger partial charge in [0.2, 0.25) is 35.4 Å². The van der Waals surface area contributed by atoms with Crippen LogP contribution in [0.5, 0.6) is 0 Å². The summed E-state index contributed by atoms with van der Waals surface area (Å²) in [5.74, 6) is -3.99. The molecule has 3 aliphatic rings. The predicted molar refractivity (Wildman–Crippen MR) is 246 cm³/mol. The van der Waals surface area contributed by atoms with Crippen LogP contribution in [-0.4, -0.2) is 137 Å². The highest BCUT2D eigenvalue weighted by atomic mass is 32.1. The monoisotopic (exact) mass is 944 g/mol. The number of rotatable bonds is 22. The molecule has 1 unspecified atom stereocenters. The maximum atomic E-state index is 13.9. The summed E-state index contributed by atoms with van der Waals surface area (Å²) in [4.78, 5) is 111. The van der Waals surface area contributed by atoms with Gasteiger partial charge in [0.1, 0.15) is 31.3 Å². The number of β-amino-alcohol motifs (C(OH)–C–C–N with tert-alkyl or cyclic N) is 1. The zero-order valence-corrected chi connectivity index (χ0v) is 39.1. The molecule has 0 bridgehead atoms. The summed E-state index contributed by atoms with van der Waals surface area (Å²) in [6, 6.07) is 9.65. The van der Waals surface area contributed by atoms with Crippen molar-refractivity contribution in [1.82, 2.24) is 36.1 Å². The number of likely N-dealkylation sites (tertiary alicyclic amines) is 1. The lowest BCUT2D eigenvalue weighted by Crippen LogP contribution is -2.58. The van der Waals surface area contributed by atoms with E-state index in [0.717, 1.165) is 39.4 Å². The van der Waals surface area contributed by atoms with Crippen LogP contribution in [0.3, 0.4) is 0 Å². The lowest BCUT2D eigenvalue weighted by molar-refractivity contribution is -0.144. The number of ether oxygens (including phenoxy) is 2. The summed E-state index contributed by atoms with van der Waals surface area (Å²) in [5, 5.41) is 24.2. The van der Waals surface area contributed by atoms with Crippen molar-refractivity contribution in [3.63, 3.8) is 0 Å². The van der Waals surface area contributed by atoms with Crippen molar-refractivity contribution in [2.45, 2.75) is 103 Å². The molecule has 0 aliphatic carbocycles. The summed E-state index contributed by atoms with van der Waals surface area (Å²) in [6.45, 7) is 8.39. The summed E-state index contributed by atoms with van der Waals surface area (Å²) < 4.78 is 11.1. The van der Waals surface area contributed by atoms with Crippen LogP contribution < -0.4 is 26.6 Å². The largest absolute Gasteiger partial charge is 0.391 e. The average molecular weight is 945 g/mol. The number of anilines is 1. The van der Waals surface area contributed by atoms with E-state index in [1.165, 1.54) is 11.0 Å². The van der Waals surface area contributed by atoms with Crippen LogP contribution in [0.4, 0.5) is 5.69 Å². The van der Waals surface area contributed by atoms with Gasteiger partial charge < -0.3 is 40.7 Å². The zero-order chi connectivity index (χ0) is 48.3. The number of nitrogens with one attached hydrogen (secondary N) is 5. The minimum atomic E-state index is -1.07. The average Bonchev–Trinajstić information content (AvgIpc) is 3.98. The van der Waals surface area contributed by atoms with Crippen LogP contribution in [0.15, 0.2) is 48.0 Å². The summed E-state index contributed by atoms with van der Waals surface area (Å²) >= 11 is 1.56. The third kappa shape index (κ3) is 13.1. The summed E-state index contributed by atoms with van der Waals surface area (Å²) in [7, 11) is 0. The lowest BCUT2D eigenvalue weighted by Gasteiger charge is -2.35. The fourth-order valence-electron chi connectivity index (χ4n) is 8.19. The Hall–Kier alpha value is -6.09. The number of aromatic nitrogens is 1. The molecule has 2 fully saturated rings. The number of carbonyl (C=O) groups is 8. The Morgan fingerprint density at radius 1 is 0.910 bits per heavy atom. The van der Waals surface area contributed by atoms with Gasteiger partial charge in [-0.3, -0.25) is 48.6 Å². The van der Waals surface area contributed by atoms with Gasteiger partial charge in [-0.2, -0.15) is 0 Å². The number of piperidine rings is 1. The van der Waals surface area contributed by atoms with Crippen molar-refractivity contribution in [1.29, 1.82) is 0 Å². The van der Waals surface area contributed by atoms with E-state index in [1.54, 1.807) is 29.0 Å². The lowest BCUT2D eigenvalue weighted by atomic mass is 9.85. The molecular weight excluding hydrogens is 885 g/mol. The van der Waals surface area contributed by atoms with Crippen molar-refractivity contribution >= 4 is 64.3 Å². The third-order valence-corrected chi connectivity index (χ3v) is 12.7. The maximum absolute atomic E-state index is 13.9. The molecule has 360 valence electrons. The minimum absolute atomic E-state index is 0.0254. The third-order valence-electron chi connectivity index (χ3n) is 11.7. The van der Waals surface area contributed by atoms with E-state index < -0.39 is 65.1 Å². The Morgan fingerprint density at radius 3 is 2.27 bits per heavy atom. The van der Waals surface area contributed by atoms with E-state index in [9.17, 15) is 43.5 Å². The van der Waals surface area contributed by atoms with E-state index in [0.29, 0.717) is 31.7 Å². The minimum Gasteiger partial charge on any atom is -0.391 e. The summed E-state index contributed by atoms with van der Waals surface area (Å²) in [5.41, 5.74) is 4.65. The van der Waals surface area contributed by atoms with Crippen LogP contribution in [-0.2, 0) is 44.8 Å². The second kappa shape index (κ2) is 23.1. The van der Waals surface area contributed by atoms with Gasteiger partial charge in [-0.05, 0) is 54.9 Å². The molecule has 4 atom stereocenters. The molecule has 3 aromatic rings. The number of thiazole rings is 1. The van der Waals surface area contributed by atoms with Crippen molar-refractivity contribution < 1.29 is 52.9 Å². The number of nitrogens with zero attached hydrogens (tertiary/aromatic N) is 3. The Labute approximate surface area is 393 Å². The van der Waals surface area contributed by atoms with Gasteiger partial charge in [-0.1, -0.05) is 63.9 Å². The van der Waals surface area contributed by atoms with Gasteiger partial charge in [0.15, 0.2) is 0 Å². The van der Waals surface area contributed by atoms with Gasteiger partial charge in [0, 0.05) is 57.9 Å². The van der Waals surface area contributed by atoms with Crippen LogP contribution in [0.1, 0.15) is 97.7 Å². The molecule has 8 amide bonds. The second-order valence-corrected chi connectivity index (χ2v) is 18.8. The maximum Gasteiger partial charge on any atom is 0.264 e. The fourth-order valence-corrected chi connectivity index (χ4v) is 9.00. The van der Waals surface area contributed by atoms with Crippen molar-refractivity contribution in [3.05, 3.63) is 70.4 Å². The Morgan fingerprint density at radius 2 is 1.61 bits per heavy atom. The van der Waals surface area contributed by atoms with Crippen LogP contribution in [0.25, 0.3) is 10.4 Å². The molecule has 2 aromatic carbocycles. The predicted octanol–water partition coefficient (Wildman–Crippen LogP) is 2.45. The number of benzene rings is 2. The first-order valence-corrected chi connectivity index (χ1v) is 23.5. The van der Waals surface area contributed by atoms with Gasteiger partial charge in [-0.25, -0.2) is 4.98 Å². The first-order valence-electron chi connectivity index (χ1n) is 22.6. The Balaban J connectivity index is 0.819. The van der Waals surface area contributed by atoms with Gasteiger partial charge in [0.05, 0.1) is 33.3 Å². The molecule has 20 heteroatoms. The molecule has 0 radical (unpaired) electrons. The molecule has 2 saturated heterocycles. The molecule has 67 heavy (non-hydrogen) atoms. The number of fused-ring (bicyclic) bond motifs is 1. The van der Waals surface area contributed by atoms with E-state index >= 15 is 0 Å². The van der Waals surface area contributed by atoms with Gasteiger partial charge >= 0.3 is 0 Å². The fraction of sp³-hybridized carbons (Fsp3) is 0.511. The number of hydrogen-bond donors (Lipinski definition) is 6. The van der Waals surface area contributed by atoms with Crippen molar-refractivity contribution in [2.24, 2.45) is 5.41 Å². The van der Waals surface area contributed by atoms with Gasteiger partial charge in [-0.15, -0.1) is 11.3 Å². The number of unbranched alkanes of at least 4 members (excludes halogenated alkanes) is 3. The summed E-state index contributed by atoms with van der Waals surface area (Å²) in [6.07, 6.45) is 2.28. The van der Waals surface area contributed by atoms with E-state index in [-0.39, 0.29) is 81.6 Å². The molecule has 3 aliphatic heterocycles. The molecular formula is C47H60N8O11S. The number of imide groups is 2. The number of amides is 8. The van der Waals surface area contributed by atoms with E-state index in [1.807, 2.05) is 52.0 Å². The molecule has 6 N–H and O–H groups in total. The van der Waals surface area contributed by atoms with Gasteiger partial charge in [0.25, 0.3) is 11.8 Å². The zero-order valence-electron chi connectivity index (χ0n) is 38.3. The quantitative estimate of drug-likeness (QED) is 0.0626. The molecule has 1 aromatic heterocycles. The molecule has 4 heterocycles. The van der Waals surface area contributed by atoms with Crippen LogP contribution >= 0.6 is 11.3 Å². The highest BCUT2D eigenvalue weighted by Crippen LogP contribution is 2.33. The first kappa shape index (κ1) is 50.3. The smallest absolute Gasteiger partial charge is 0.264 e. The number of aliphatic hydroxyl groups is 1. The Kier molecular flexibility index (Phi) is 17.3. The van der Waals surface area contributed by atoms with Crippen molar-refractivity contribution in [2.75, 3.05) is 51.4 Å². The molecule has 0 spiro atoms. The van der Waals surface area contributed by atoms with Crippen LogP contribution in [0, 0.1) is 12.3 Å². The number of hydrogen-bond acceptors (Lipinski definition) is 14.